The van der Waals surface area contributed by atoms with Gasteiger partial charge in [-0.15, -0.1) is 0 Å². The number of carbonyl (C=O) groups is 2. The van der Waals surface area contributed by atoms with Gasteiger partial charge in [-0.2, -0.15) is 5.10 Å². The van der Waals surface area contributed by atoms with Gasteiger partial charge in [0.15, 0.2) is 5.69 Å². The highest BCUT2D eigenvalue weighted by Gasteiger charge is 2.34. The first kappa shape index (κ1) is 24.2. The van der Waals surface area contributed by atoms with E-state index in [4.69, 9.17) is 5.11 Å². The Bertz CT molecular complexity index is 945. The van der Waals surface area contributed by atoms with E-state index in [1.807, 2.05) is 25.5 Å². The molecule has 1 atom stereocenters. The molecule has 1 aromatic heterocycles. The summed E-state index contributed by atoms with van der Waals surface area (Å²) in [5.74, 6) is -0.762. The van der Waals surface area contributed by atoms with E-state index < -0.39 is 23.2 Å². The molecule has 7 nitrogen and oxygen atoms in total. The maximum absolute atomic E-state index is 14.0. The molecule has 0 saturated heterocycles. The minimum atomic E-state index is -0.805. The molecule has 1 fully saturated rings. The van der Waals surface area contributed by atoms with Crippen LogP contribution in [0.25, 0.3) is 10.9 Å². The number of hydrogen-bond donors (Lipinski definition) is 3. The zero-order valence-corrected chi connectivity index (χ0v) is 19.3. The summed E-state index contributed by atoms with van der Waals surface area (Å²) in [7, 11) is 0. The molecule has 0 spiro atoms. The predicted molar refractivity (Wildman–Crippen MR) is 122 cm³/mol. The van der Waals surface area contributed by atoms with Crippen LogP contribution in [0.5, 0.6) is 0 Å². The average Bonchev–Trinajstić information content (AvgIpc) is 3.09. The van der Waals surface area contributed by atoms with Crippen LogP contribution in [0, 0.1) is 17.2 Å². The van der Waals surface area contributed by atoms with E-state index in [1.165, 1.54) is 31.4 Å². The third-order valence-electron chi connectivity index (χ3n) is 6.12. The molecule has 1 aliphatic rings. The largest absolute Gasteiger partial charge is 0.396 e. The van der Waals surface area contributed by atoms with Crippen molar-refractivity contribution in [1.82, 2.24) is 20.4 Å². The lowest BCUT2D eigenvalue weighted by atomic mass is 9.86. The zero-order chi connectivity index (χ0) is 23.3. The monoisotopic (exact) mass is 446 g/mol. The van der Waals surface area contributed by atoms with Crippen molar-refractivity contribution in [2.45, 2.75) is 71.9 Å². The van der Waals surface area contributed by atoms with E-state index in [1.54, 1.807) is 6.07 Å². The molecule has 176 valence electrons. The van der Waals surface area contributed by atoms with Gasteiger partial charge >= 0.3 is 0 Å². The number of carbonyl (C=O) groups excluding carboxylic acids is 2. The first-order chi connectivity index (χ1) is 15.2. The highest BCUT2D eigenvalue weighted by molar-refractivity contribution is 6.06. The summed E-state index contributed by atoms with van der Waals surface area (Å²) in [5.41, 5.74) is 0.305. The molecule has 32 heavy (non-hydrogen) atoms. The highest BCUT2D eigenvalue weighted by atomic mass is 19.1. The Kier molecular flexibility index (Phi) is 7.87. The molecular formula is C24H35FN4O3. The number of halogens is 1. The molecule has 1 heterocycles. The third-order valence-corrected chi connectivity index (χ3v) is 6.12. The quantitative estimate of drug-likeness (QED) is 0.542. The first-order valence-electron chi connectivity index (χ1n) is 11.6. The van der Waals surface area contributed by atoms with Crippen molar-refractivity contribution >= 4 is 22.7 Å². The fourth-order valence-corrected chi connectivity index (χ4v) is 4.34. The lowest BCUT2D eigenvalue weighted by molar-refractivity contribution is -0.125. The van der Waals surface area contributed by atoms with E-state index in [-0.39, 0.29) is 18.2 Å². The van der Waals surface area contributed by atoms with Crippen LogP contribution in [0.2, 0.25) is 0 Å². The van der Waals surface area contributed by atoms with E-state index in [9.17, 15) is 14.0 Å². The van der Waals surface area contributed by atoms with Crippen LogP contribution in [-0.2, 0) is 11.3 Å². The van der Waals surface area contributed by atoms with E-state index in [0.717, 1.165) is 18.4 Å². The number of hydrogen-bond acceptors (Lipinski definition) is 4. The predicted octanol–water partition coefficient (Wildman–Crippen LogP) is 3.40. The Morgan fingerprint density at radius 3 is 2.62 bits per heavy atom. The Balaban J connectivity index is 1.86. The molecule has 0 radical (unpaired) electrons. The van der Waals surface area contributed by atoms with Gasteiger partial charge in [0.25, 0.3) is 5.91 Å². The van der Waals surface area contributed by atoms with Gasteiger partial charge in [-0.1, -0.05) is 40.0 Å². The van der Waals surface area contributed by atoms with Crippen molar-refractivity contribution in [1.29, 1.82) is 0 Å². The van der Waals surface area contributed by atoms with Crippen LogP contribution in [0.3, 0.4) is 0 Å². The standard InChI is InChI=1S/C24H35FN4O3/c1-24(2,3)21(23(32)26-12-7-13-30)27-22(31)20-18-14-17(25)10-11-19(18)29(28-20)15-16-8-5-4-6-9-16/h10-11,14,16,21,30H,4-9,12-13,15H2,1-3H3,(H,26,32)(H,27,31)/t21-/m1/s1. The molecule has 1 saturated carbocycles. The van der Waals surface area contributed by atoms with Gasteiger partial charge < -0.3 is 15.7 Å². The fourth-order valence-electron chi connectivity index (χ4n) is 4.34. The summed E-state index contributed by atoms with van der Waals surface area (Å²) in [4.78, 5) is 26.0. The number of nitrogens with zero attached hydrogens (tertiary/aromatic N) is 2. The van der Waals surface area contributed by atoms with Crippen molar-refractivity contribution in [2.24, 2.45) is 11.3 Å². The van der Waals surface area contributed by atoms with Crippen molar-refractivity contribution in [2.75, 3.05) is 13.2 Å². The van der Waals surface area contributed by atoms with Gasteiger partial charge in [-0.25, -0.2) is 4.39 Å². The van der Waals surface area contributed by atoms with Gasteiger partial charge in [0.1, 0.15) is 11.9 Å². The maximum Gasteiger partial charge on any atom is 0.273 e. The molecule has 2 aromatic rings. The van der Waals surface area contributed by atoms with Crippen molar-refractivity contribution < 1.29 is 19.1 Å². The van der Waals surface area contributed by atoms with Crippen molar-refractivity contribution in [3.63, 3.8) is 0 Å². The number of amides is 2. The molecule has 2 amide bonds. The summed E-state index contributed by atoms with van der Waals surface area (Å²) in [5, 5.41) is 19.5. The maximum atomic E-state index is 14.0. The van der Waals surface area contributed by atoms with Gasteiger partial charge in [0.2, 0.25) is 5.91 Å². The third kappa shape index (κ3) is 5.85. The van der Waals surface area contributed by atoms with E-state index in [2.05, 4.69) is 15.7 Å². The van der Waals surface area contributed by atoms with Crippen LogP contribution in [0.1, 0.15) is 69.8 Å². The normalized spacial score (nSPS) is 16.2. The second-order valence-electron chi connectivity index (χ2n) is 9.84. The van der Waals surface area contributed by atoms with Gasteiger partial charge in [-0.05, 0) is 48.8 Å². The smallest absolute Gasteiger partial charge is 0.273 e. The Labute approximate surface area is 188 Å². The molecule has 1 aromatic carbocycles. The average molecular weight is 447 g/mol. The Hall–Kier alpha value is -2.48. The Morgan fingerprint density at radius 2 is 1.97 bits per heavy atom. The fraction of sp³-hybridized carbons (Fsp3) is 0.625. The first-order valence-corrected chi connectivity index (χ1v) is 11.6. The number of aliphatic hydroxyl groups excluding tert-OH is 1. The van der Waals surface area contributed by atoms with Crippen LogP contribution in [-0.4, -0.2) is 45.9 Å². The Morgan fingerprint density at radius 1 is 1.25 bits per heavy atom. The number of aromatic nitrogens is 2. The summed E-state index contributed by atoms with van der Waals surface area (Å²) in [6.45, 7) is 6.58. The second-order valence-corrected chi connectivity index (χ2v) is 9.84. The van der Waals surface area contributed by atoms with Gasteiger partial charge in [0, 0.05) is 25.1 Å². The molecule has 3 N–H and O–H groups in total. The van der Waals surface area contributed by atoms with Gasteiger partial charge in [0.05, 0.1) is 5.52 Å². The molecular weight excluding hydrogens is 411 g/mol. The lowest BCUT2D eigenvalue weighted by Crippen LogP contribution is -2.53. The van der Waals surface area contributed by atoms with Gasteiger partial charge in [-0.3, -0.25) is 14.3 Å². The van der Waals surface area contributed by atoms with Crippen molar-refractivity contribution in [3.8, 4) is 0 Å². The number of aliphatic hydroxyl groups is 1. The lowest BCUT2D eigenvalue weighted by Gasteiger charge is -2.30. The molecule has 0 aliphatic heterocycles. The number of nitrogens with one attached hydrogen (secondary N) is 2. The minimum Gasteiger partial charge on any atom is -0.396 e. The summed E-state index contributed by atoms with van der Waals surface area (Å²) >= 11 is 0. The minimum absolute atomic E-state index is 0.0250. The second kappa shape index (κ2) is 10.4. The number of benzene rings is 1. The summed E-state index contributed by atoms with van der Waals surface area (Å²) in [6.07, 6.45) is 6.35. The number of fused-ring (bicyclic) bond motifs is 1. The molecule has 1 aliphatic carbocycles. The molecule has 3 rings (SSSR count). The molecule has 0 unspecified atom stereocenters. The molecule has 0 bridgehead atoms. The molecule has 8 heteroatoms. The SMILES string of the molecule is CC(C)(C)[C@H](NC(=O)c1nn(CC2CCCCC2)c2ccc(F)cc12)C(=O)NCCCO. The van der Waals surface area contributed by atoms with Crippen molar-refractivity contribution in [3.05, 3.63) is 29.7 Å². The van der Waals surface area contributed by atoms with Crippen LogP contribution in [0.15, 0.2) is 18.2 Å². The summed E-state index contributed by atoms with van der Waals surface area (Å²) < 4.78 is 15.9. The van der Waals surface area contributed by atoms with Crippen LogP contribution < -0.4 is 10.6 Å². The van der Waals surface area contributed by atoms with Crippen LogP contribution >= 0.6 is 0 Å². The van der Waals surface area contributed by atoms with E-state index in [0.29, 0.717) is 30.8 Å². The summed E-state index contributed by atoms with van der Waals surface area (Å²) in [6, 6.07) is 3.58. The van der Waals surface area contributed by atoms with E-state index >= 15 is 0 Å². The highest BCUT2D eigenvalue weighted by Crippen LogP contribution is 2.28. The number of rotatable bonds is 8. The topological polar surface area (TPSA) is 96.2 Å². The van der Waals surface area contributed by atoms with Crippen LogP contribution in [0.4, 0.5) is 4.39 Å². The zero-order valence-electron chi connectivity index (χ0n) is 19.3.